The molecule has 0 aliphatic rings. The Bertz CT molecular complexity index is 448. The van der Waals surface area contributed by atoms with Gasteiger partial charge in [0, 0.05) is 43.3 Å². The number of aryl methyl sites for hydroxylation is 3. The summed E-state index contributed by atoms with van der Waals surface area (Å²) in [6.07, 6.45) is 2.81. The third-order valence-corrected chi connectivity index (χ3v) is 2.84. The molecule has 0 unspecified atom stereocenters. The highest BCUT2D eigenvalue weighted by molar-refractivity contribution is 5.15. The molecule has 0 amide bonds. The monoisotopic (exact) mass is 218 g/mol. The van der Waals surface area contributed by atoms with Crippen LogP contribution in [0.5, 0.6) is 0 Å². The molecule has 4 nitrogen and oxygen atoms in total. The molecule has 0 radical (unpaired) electrons. The van der Waals surface area contributed by atoms with Crippen molar-refractivity contribution in [1.29, 1.82) is 0 Å². The average Bonchev–Trinajstić information content (AvgIpc) is 2.79. The van der Waals surface area contributed by atoms with Gasteiger partial charge < -0.3 is 5.43 Å². The van der Waals surface area contributed by atoms with E-state index in [1.54, 1.807) is 0 Å². The predicted octanol–water partition coefficient (Wildman–Crippen LogP) is 1.62. The Morgan fingerprint density at radius 3 is 2.44 bits per heavy atom. The first kappa shape index (κ1) is 10.8. The van der Waals surface area contributed by atoms with Gasteiger partial charge in [-0.15, -0.1) is 0 Å². The molecule has 0 fully saturated rings. The van der Waals surface area contributed by atoms with Crippen LogP contribution < -0.4 is 5.43 Å². The van der Waals surface area contributed by atoms with Crippen molar-refractivity contribution in [3.05, 3.63) is 41.5 Å². The molecular formula is C12H18N4. The molecule has 2 aromatic heterocycles. The number of hydrogen-bond donors (Lipinski definition) is 1. The van der Waals surface area contributed by atoms with E-state index in [-0.39, 0.29) is 0 Å². The van der Waals surface area contributed by atoms with Crippen LogP contribution in [0.2, 0.25) is 0 Å². The summed E-state index contributed by atoms with van der Waals surface area (Å²) in [7, 11) is 1.97. The lowest BCUT2D eigenvalue weighted by molar-refractivity contribution is 0.693. The lowest BCUT2D eigenvalue weighted by atomic mass is 10.3. The first-order valence-corrected chi connectivity index (χ1v) is 5.54. The van der Waals surface area contributed by atoms with Crippen LogP contribution in [0.25, 0.3) is 0 Å². The standard InChI is InChI=1S/C12H18N4/c1-10-4-5-11(2)16(10)14-9-7-12-6-8-13-15(12)3/h4-6,8,14H,7,9H2,1-3H3. The number of nitrogens with zero attached hydrogens (tertiary/aromatic N) is 3. The van der Waals surface area contributed by atoms with Gasteiger partial charge in [-0.1, -0.05) is 0 Å². The molecule has 2 rings (SSSR count). The van der Waals surface area contributed by atoms with Crippen LogP contribution in [-0.2, 0) is 13.5 Å². The Balaban J connectivity index is 1.92. The van der Waals surface area contributed by atoms with Crippen LogP contribution in [0, 0.1) is 13.8 Å². The van der Waals surface area contributed by atoms with E-state index in [0.717, 1.165) is 13.0 Å². The first-order chi connectivity index (χ1) is 7.68. The summed E-state index contributed by atoms with van der Waals surface area (Å²) < 4.78 is 4.04. The zero-order valence-corrected chi connectivity index (χ0v) is 10.1. The van der Waals surface area contributed by atoms with Gasteiger partial charge in [0.05, 0.1) is 0 Å². The maximum atomic E-state index is 4.15. The third-order valence-electron chi connectivity index (χ3n) is 2.84. The second-order valence-corrected chi connectivity index (χ2v) is 4.06. The van der Waals surface area contributed by atoms with Crippen LogP contribution in [0.4, 0.5) is 0 Å². The fourth-order valence-corrected chi connectivity index (χ4v) is 1.86. The number of hydrogen-bond acceptors (Lipinski definition) is 2. The molecule has 0 bridgehead atoms. The maximum Gasteiger partial charge on any atom is 0.0492 e. The van der Waals surface area contributed by atoms with Gasteiger partial charge in [0.15, 0.2) is 0 Å². The minimum Gasteiger partial charge on any atom is -0.326 e. The summed E-state index contributed by atoms with van der Waals surface area (Å²) >= 11 is 0. The highest BCUT2D eigenvalue weighted by atomic mass is 15.4. The summed E-state index contributed by atoms with van der Waals surface area (Å²) in [5.74, 6) is 0. The van der Waals surface area contributed by atoms with Gasteiger partial charge in [-0.05, 0) is 32.0 Å². The minimum absolute atomic E-state index is 0.913. The molecule has 0 saturated heterocycles. The fourth-order valence-electron chi connectivity index (χ4n) is 1.86. The van der Waals surface area contributed by atoms with E-state index in [9.17, 15) is 0 Å². The molecule has 2 heterocycles. The van der Waals surface area contributed by atoms with Crippen molar-refractivity contribution in [3.8, 4) is 0 Å². The molecular weight excluding hydrogens is 200 g/mol. The first-order valence-electron chi connectivity index (χ1n) is 5.54. The molecule has 0 aliphatic carbocycles. The number of aromatic nitrogens is 3. The summed E-state index contributed by atoms with van der Waals surface area (Å²) in [5, 5.41) is 4.15. The predicted molar refractivity (Wildman–Crippen MR) is 65.0 cm³/mol. The molecule has 0 spiro atoms. The Kier molecular flexibility index (Phi) is 2.99. The molecule has 1 N–H and O–H groups in total. The van der Waals surface area contributed by atoms with Crippen LogP contribution >= 0.6 is 0 Å². The SMILES string of the molecule is Cc1ccc(C)n1NCCc1ccnn1C. The second kappa shape index (κ2) is 4.43. The lowest BCUT2D eigenvalue weighted by Gasteiger charge is -2.12. The zero-order chi connectivity index (χ0) is 11.5. The summed E-state index contributed by atoms with van der Waals surface area (Å²) in [4.78, 5) is 0. The highest BCUT2D eigenvalue weighted by Gasteiger charge is 2.01. The van der Waals surface area contributed by atoms with E-state index < -0.39 is 0 Å². The molecule has 0 saturated carbocycles. The van der Waals surface area contributed by atoms with Crippen LogP contribution in [0.15, 0.2) is 24.4 Å². The van der Waals surface area contributed by atoms with Gasteiger partial charge in [-0.25, -0.2) is 0 Å². The largest absolute Gasteiger partial charge is 0.326 e. The number of rotatable bonds is 4. The smallest absolute Gasteiger partial charge is 0.0492 e. The van der Waals surface area contributed by atoms with Gasteiger partial charge in [0.2, 0.25) is 0 Å². The summed E-state index contributed by atoms with van der Waals surface area (Å²) in [6.45, 7) is 5.12. The van der Waals surface area contributed by atoms with Crippen LogP contribution in [0.1, 0.15) is 17.1 Å². The third kappa shape index (κ3) is 2.10. The Labute approximate surface area is 95.9 Å². The van der Waals surface area contributed by atoms with E-state index in [2.05, 4.69) is 47.2 Å². The van der Waals surface area contributed by atoms with Crippen molar-refractivity contribution in [1.82, 2.24) is 14.5 Å². The van der Waals surface area contributed by atoms with Crippen molar-refractivity contribution in [2.45, 2.75) is 20.3 Å². The highest BCUT2D eigenvalue weighted by Crippen LogP contribution is 2.04. The Hall–Kier alpha value is -1.71. The second-order valence-electron chi connectivity index (χ2n) is 4.06. The average molecular weight is 218 g/mol. The quantitative estimate of drug-likeness (QED) is 0.846. The van der Waals surface area contributed by atoms with Gasteiger partial charge in [-0.2, -0.15) is 5.10 Å². The molecule has 16 heavy (non-hydrogen) atoms. The van der Waals surface area contributed by atoms with Crippen LogP contribution in [0.3, 0.4) is 0 Å². The van der Waals surface area contributed by atoms with Crippen molar-refractivity contribution < 1.29 is 0 Å². The van der Waals surface area contributed by atoms with Crippen molar-refractivity contribution >= 4 is 0 Å². The molecule has 0 aromatic carbocycles. The van der Waals surface area contributed by atoms with Gasteiger partial charge in [-0.3, -0.25) is 9.36 Å². The van der Waals surface area contributed by atoms with E-state index in [1.807, 2.05) is 17.9 Å². The van der Waals surface area contributed by atoms with Crippen molar-refractivity contribution in [3.63, 3.8) is 0 Å². The maximum absolute atomic E-state index is 4.15. The van der Waals surface area contributed by atoms with Crippen molar-refractivity contribution in [2.24, 2.45) is 7.05 Å². The lowest BCUT2D eigenvalue weighted by Crippen LogP contribution is -2.20. The van der Waals surface area contributed by atoms with Gasteiger partial charge in [0.1, 0.15) is 0 Å². The molecule has 86 valence electrons. The normalized spacial score (nSPS) is 10.7. The van der Waals surface area contributed by atoms with E-state index in [4.69, 9.17) is 0 Å². The molecule has 0 aliphatic heterocycles. The minimum atomic E-state index is 0.913. The van der Waals surface area contributed by atoms with E-state index in [1.165, 1.54) is 17.1 Å². The Morgan fingerprint density at radius 1 is 1.19 bits per heavy atom. The van der Waals surface area contributed by atoms with Crippen molar-refractivity contribution in [2.75, 3.05) is 12.0 Å². The summed E-state index contributed by atoms with van der Waals surface area (Å²) in [5.41, 5.74) is 7.12. The van der Waals surface area contributed by atoms with E-state index in [0.29, 0.717) is 0 Å². The van der Waals surface area contributed by atoms with Gasteiger partial charge >= 0.3 is 0 Å². The number of nitrogens with one attached hydrogen (secondary N) is 1. The molecule has 0 atom stereocenters. The zero-order valence-electron chi connectivity index (χ0n) is 10.1. The molecule has 2 aromatic rings. The Morgan fingerprint density at radius 2 is 1.88 bits per heavy atom. The van der Waals surface area contributed by atoms with Gasteiger partial charge in [0.25, 0.3) is 0 Å². The van der Waals surface area contributed by atoms with Crippen LogP contribution in [-0.4, -0.2) is 21.0 Å². The topological polar surface area (TPSA) is 34.8 Å². The summed E-state index contributed by atoms with van der Waals surface area (Å²) in [6, 6.07) is 6.29. The fraction of sp³-hybridized carbons (Fsp3) is 0.417. The van der Waals surface area contributed by atoms with E-state index >= 15 is 0 Å². The molecule has 4 heteroatoms.